The Labute approximate surface area is 101 Å². The lowest BCUT2D eigenvalue weighted by Gasteiger charge is -2.32. The molecule has 0 saturated carbocycles. The predicted octanol–water partition coefficient (Wildman–Crippen LogP) is -0.801. The summed E-state index contributed by atoms with van der Waals surface area (Å²) in [6, 6.07) is 0. The fourth-order valence-electron chi connectivity index (χ4n) is 0.869. The van der Waals surface area contributed by atoms with Gasteiger partial charge in [-0.05, 0) is 13.8 Å². The van der Waals surface area contributed by atoms with Gasteiger partial charge in [0.25, 0.3) is 0 Å². The van der Waals surface area contributed by atoms with E-state index in [0.29, 0.717) is 0 Å². The molecule has 0 bridgehead atoms. The SMILES string of the molecule is CN(C(=O)CN(C)S(C)(=O)=O)C(C)(C)C(=O)O. The topological polar surface area (TPSA) is 95.0 Å². The van der Waals surface area contributed by atoms with Crippen molar-refractivity contribution in [2.75, 3.05) is 26.9 Å². The first-order chi connectivity index (χ1) is 7.40. The van der Waals surface area contributed by atoms with Crippen LogP contribution in [0.1, 0.15) is 13.8 Å². The third kappa shape index (κ3) is 3.97. The Morgan fingerprint density at radius 3 is 1.94 bits per heavy atom. The third-order valence-corrected chi connectivity index (χ3v) is 3.92. The molecule has 0 heterocycles. The van der Waals surface area contributed by atoms with Crippen LogP contribution in [0.2, 0.25) is 0 Å². The molecular formula is C9H18N2O5S. The molecule has 8 heteroatoms. The maximum Gasteiger partial charge on any atom is 0.329 e. The van der Waals surface area contributed by atoms with Gasteiger partial charge in [0, 0.05) is 14.1 Å². The Balaban J connectivity index is 4.81. The summed E-state index contributed by atoms with van der Waals surface area (Å²) in [7, 11) is -0.874. The molecule has 0 rings (SSSR count). The summed E-state index contributed by atoms with van der Waals surface area (Å²) >= 11 is 0. The van der Waals surface area contributed by atoms with E-state index in [9.17, 15) is 18.0 Å². The summed E-state index contributed by atoms with van der Waals surface area (Å²) in [6.07, 6.45) is 0.975. The average Bonchev–Trinajstić information content (AvgIpc) is 2.14. The largest absolute Gasteiger partial charge is 0.480 e. The number of likely N-dealkylation sites (N-methyl/N-ethyl adjacent to an activating group) is 2. The van der Waals surface area contributed by atoms with Crippen LogP contribution in [0.3, 0.4) is 0 Å². The Morgan fingerprint density at radius 1 is 1.24 bits per heavy atom. The third-order valence-electron chi connectivity index (χ3n) is 2.66. The predicted molar refractivity (Wildman–Crippen MR) is 62.0 cm³/mol. The monoisotopic (exact) mass is 266 g/mol. The Morgan fingerprint density at radius 2 is 1.65 bits per heavy atom. The van der Waals surface area contributed by atoms with E-state index in [2.05, 4.69) is 0 Å². The number of aliphatic carboxylic acids is 1. The van der Waals surface area contributed by atoms with E-state index < -0.39 is 27.4 Å². The number of carbonyl (C=O) groups excluding carboxylic acids is 1. The molecule has 0 aliphatic rings. The van der Waals surface area contributed by atoms with Crippen molar-refractivity contribution in [3.05, 3.63) is 0 Å². The van der Waals surface area contributed by atoms with Crippen LogP contribution in [0, 0.1) is 0 Å². The highest BCUT2D eigenvalue weighted by atomic mass is 32.2. The van der Waals surface area contributed by atoms with Gasteiger partial charge in [-0.2, -0.15) is 4.31 Å². The average molecular weight is 266 g/mol. The van der Waals surface area contributed by atoms with Crippen molar-refractivity contribution in [3.8, 4) is 0 Å². The molecule has 0 aliphatic heterocycles. The fraction of sp³-hybridized carbons (Fsp3) is 0.778. The second kappa shape index (κ2) is 5.01. The highest BCUT2D eigenvalue weighted by Crippen LogP contribution is 2.13. The molecule has 0 spiro atoms. The van der Waals surface area contributed by atoms with Gasteiger partial charge in [0.05, 0.1) is 12.8 Å². The molecule has 0 aromatic rings. The molecular weight excluding hydrogens is 248 g/mol. The summed E-state index contributed by atoms with van der Waals surface area (Å²) in [5.41, 5.74) is -1.38. The van der Waals surface area contributed by atoms with Crippen LogP contribution < -0.4 is 0 Å². The van der Waals surface area contributed by atoms with Gasteiger partial charge < -0.3 is 10.0 Å². The van der Waals surface area contributed by atoms with Gasteiger partial charge >= 0.3 is 5.97 Å². The van der Waals surface area contributed by atoms with Crippen molar-refractivity contribution >= 4 is 21.9 Å². The zero-order valence-electron chi connectivity index (χ0n) is 10.6. The van der Waals surface area contributed by atoms with Gasteiger partial charge in [-0.3, -0.25) is 4.79 Å². The van der Waals surface area contributed by atoms with Gasteiger partial charge in [0.1, 0.15) is 5.54 Å². The van der Waals surface area contributed by atoms with Crippen molar-refractivity contribution in [1.82, 2.24) is 9.21 Å². The molecule has 0 aliphatic carbocycles. The van der Waals surface area contributed by atoms with E-state index in [1.807, 2.05) is 0 Å². The maximum absolute atomic E-state index is 11.7. The number of amides is 1. The van der Waals surface area contributed by atoms with Gasteiger partial charge in [0.15, 0.2) is 0 Å². The minimum Gasteiger partial charge on any atom is -0.480 e. The highest BCUT2D eigenvalue weighted by molar-refractivity contribution is 7.88. The van der Waals surface area contributed by atoms with E-state index in [1.54, 1.807) is 0 Å². The number of carboxylic acid groups (broad SMARTS) is 1. The number of carboxylic acids is 1. The zero-order valence-corrected chi connectivity index (χ0v) is 11.4. The number of sulfonamides is 1. The van der Waals surface area contributed by atoms with Crippen molar-refractivity contribution < 1.29 is 23.1 Å². The molecule has 0 aromatic heterocycles. The van der Waals surface area contributed by atoms with Crippen molar-refractivity contribution in [1.29, 1.82) is 0 Å². The van der Waals surface area contributed by atoms with Crippen LogP contribution in [-0.2, 0) is 19.6 Å². The second-order valence-electron chi connectivity index (χ2n) is 4.34. The van der Waals surface area contributed by atoms with Gasteiger partial charge in [-0.15, -0.1) is 0 Å². The zero-order chi connectivity index (χ0) is 14.0. The lowest BCUT2D eigenvalue weighted by atomic mass is 10.0. The first kappa shape index (κ1) is 15.9. The van der Waals surface area contributed by atoms with Crippen molar-refractivity contribution in [2.24, 2.45) is 0 Å². The van der Waals surface area contributed by atoms with Crippen molar-refractivity contribution in [3.63, 3.8) is 0 Å². The molecule has 0 fully saturated rings. The van der Waals surface area contributed by atoms with Crippen LogP contribution in [0.15, 0.2) is 0 Å². The van der Waals surface area contributed by atoms with E-state index in [1.165, 1.54) is 27.9 Å². The quantitative estimate of drug-likeness (QED) is 0.703. The smallest absolute Gasteiger partial charge is 0.329 e. The second-order valence-corrected chi connectivity index (χ2v) is 6.43. The Hall–Kier alpha value is -1.15. The Bertz CT molecular complexity index is 415. The normalized spacial score (nSPS) is 12.6. The Kier molecular flexibility index (Phi) is 4.67. The summed E-state index contributed by atoms with van der Waals surface area (Å²) in [4.78, 5) is 23.6. The molecule has 0 atom stereocenters. The maximum atomic E-state index is 11.7. The van der Waals surface area contributed by atoms with E-state index in [0.717, 1.165) is 15.5 Å². The van der Waals surface area contributed by atoms with E-state index >= 15 is 0 Å². The molecule has 1 amide bonds. The minimum atomic E-state index is -3.46. The highest BCUT2D eigenvalue weighted by Gasteiger charge is 2.35. The first-order valence-electron chi connectivity index (χ1n) is 4.82. The molecule has 0 aromatic carbocycles. The lowest BCUT2D eigenvalue weighted by Crippen LogP contribution is -2.53. The minimum absolute atomic E-state index is 0.383. The molecule has 100 valence electrons. The molecule has 0 saturated heterocycles. The standard InChI is InChI=1S/C9H18N2O5S/c1-9(2,8(13)14)11(4)7(12)6-10(3)17(5,15)16/h6H2,1-5H3,(H,13,14). The number of nitrogens with zero attached hydrogens (tertiary/aromatic N) is 2. The summed E-state index contributed by atoms with van der Waals surface area (Å²) in [5.74, 6) is -1.74. The number of hydrogen-bond acceptors (Lipinski definition) is 4. The molecule has 0 unspecified atom stereocenters. The van der Waals surface area contributed by atoms with Gasteiger partial charge in [-0.25, -0.2) is 13.2 Å². The molecule has 0 radical (unpaired) electrons. The van der Waals surface area contributed by atoms with E-state index in [-0.39, 0.29) is 6.54 Å². The van der Waals surface area contributed by atoms with Crippen LogP contribution in [0.25, 0.3) is 0 Å². The molecule has 7 nitrogen and oxygen atoms in total. The van der Waals surface area contributed by atoms with Gasteiger partial charge in [-0.1, -0.05) is 0 Å². The van der Waals surface area contributed by atoms with E-state index in [4.69, 9.17) is 5.11 Å². The fourth-order valence-corrected chi connectivity index (χ4v) is 1.21. The van der Waals surface area contributed by atoms with Crippen LogP contribution in [-0.4, -0.2) is 67.0 Å². The summed E-state index contributed by atoms with van der Waals surface area (Å²) < 4.78 is 23.1. The summed E-state index contributed by atoms with van der Waals surface area (Å²) in [6.45, 7) is 2.35. The first-order valence-corrected chi connectivity index (χ1v) is 6.67. The number of rotatable bonds is 5. The number of carbonyl (C=O) groups is 2. The van der Waals surface area contributed by atoms with Gasteiger partial charge in [0.2, 0.25) is 15.9 Å². The van der Waals surface area contributed by atoms with Crippen molar-refractivity contribution in [2.45, 2.75) is 19.4 Å². The number of hydrogen-bond donors (Lipinski definition) is 1. The van der Waals surface area contributed by atoms with Crippen LogP contribution in [0.4, 0.5) is 0 Å². The lowest BCUT2D eigenvalue weighted by molar-refractivity contribution is -0.155. The van der Waals surface area contributed by atoms with Crippen LogP contribution >= 0.6 is 0 Å². The molecule has 1 N–H and O–H groups in total. The summed E-state index contributed by atoms with van der Waals surface area (Å²) in [5, 5.41) is 8.93. The van der Waals surface area contributed by atoms with Crippen LogP contribution in [0.5, 0.6) is 0 Å². The molecule has 17 heavy (non-hydrogen) atoms.